The van der Waals surface area contributed by atoms with E-state index in [4.69, 9.17) is 23.8 Å². The van der Waals surface area contributed by atoms with E-state index in [0.29, 0.717) is 23.0 Å². The van der Waals surface area contributed by atoms with Crippen LogP contribution in [0.4, 0.5) is 4.39 Å². The lowest BCUT2D eigenvalue weighted by Gasteiger charge is -2.10. The molecule has 27 heavy (non-hydrogen) atoms. The van der Waals surface area contributed by atoms with E-state index < -0.39 is 5.91 Å². The molecule has 0 bridgehead atoms. The molecule has 0 atom stereocenters. The van der Waals surface area contributed by atoms with Crippen molar-refractivity contribution in [2.75, 3.05) is 0 Å². The summed E-state index contributed by atoms with van der Waals surface area (Å²) >= 11 is 11.2. The average molecular weight is 404 g/mol. The summed E-state index contributed by atoms with van der Waals surface area (Å²) in [6, 6.07) is 11.5. The zero-order chi connectivity index (χ0) is 19.2. The number of pyridine rings is 1. The van der Waals surface area contributed by atoms with Gasteiger partial charge in [0.1, 0.15) is 11.5 Å². The quantitative estimate of drug-likeness (QED) is 0.355. The highest BCUT2D eigenvalue weighted by Crippen LogP contribution is 2.18. The highest BCUT2D eigenvalue weighted by molar-refractivity contribution is 7.80. The standard InChI is InChI=1S/C18H15ClFN5OS/c19-17-14(25-10-2-1-3-15(25)22-17)8-9-16(26)23-24-18(27)21-11-12-4-6-13(20)7-5-12/h1-10H,11H2,(H,23,26)(H2,21,24,27)/b9-8+. The minimum absolute atomic E-state index is 0.230. The van der Waals surface area contributed by atoms with E-state index in [-0.39, 0.29) is 10.9 Å². The molecule has 0 saturated carbocycles. The summed E-state index contributed by atoms with van der Waals surface area (Å²) in [5, 5.41) is 3.43. The Morgan fingerprint density at radius 3 is 2.78 bits per heavy atom. The number of hydrogen-bond acceptors (Lipinski definition) is 3. The van der Waals surface area contributed by atoms with Gasteiger partial charge in [-0.25, -0.2) is 9.37 Å². The van der Waals surface area contributed by atoms with E-state index in [1.807, 2.05) is 18.2 Å². The summed E-state index contributed by atoms with van der Waals surface area (Å²) in [6.45, 7) is 0.398. The Hall–Kier alpha value is -2.97. The number of thiocarbonyl (C=S) groups is 1. The van der Waals surface area contributed by atoms with E-state index in [2.05, 4.69) is 21.2 Å². The van der Waals surface area contributed by atoms with Crippen LogP contribution in [-0.2, 0) is 11.3 Å². The predicted octanol–water partition coefficient (Wildman–Crippen LogP) is 2.84. The fourth-order valence-corrected chi connectivity index (χ4v) is 2.64. The Labute approximate surface area is 165 Å². The molecule has 0 aliphatic rings. The zero-order valence-corrected chi connectivity index (χ0v) is 15.5. The van der Waals surface area contributed by atoms with Crippen molar-refractivity contribution in [3.63, 3.8) is 0 Å². The molecule has 2 aromatic heterocycles. The highest BCUT2D eigenvalue weighted by Gasteiger charge is 2.07. The van der Waals surface area contributed by atoms with Gasteiger partial charge in [-0.15, -0.1) is 0 Å². The SMILES string of the molecule is O=C(/C=C/c1c(Cl)nc2ccccn12)NNC(=S)NCc1ccc(F)cc1. The van der Waals surface area contributed by atoms with Crippen molar-refractivity contribution >= 4 is 46.6 Å². The Morgan fingerprint density at radius 2 is 2.00 bits per heavy atom. The van der Waals surface area contributed by atoms with E-state index >= 15 is 0 Å². The molecular formula is C18H15ClFN5OS. The first-order valence-electron chi connectivity index (χ1n) is 7.92. The van der Waals surface area contributed by atoms with E-state index in [0.717, 1.165) is 5.56 Å². The number of carbonyl (C=O) groups is 1. The number of rotatable bonds is 4. The summed E-state index contributed by atoms with van der Waals surface area (Å²) in [5.41, 5.74) is 7.17. The van der Waals surface area contributed by atoms with Gasteiger partial charge >= 0.3 is 0 Å². The molecule has 0 aliphatic carbocycles. The number of benzene rings is 1. The number of fused-ring (bicyclic) bond motifs is 1. The van der Waals surface area contributed by atoms with Crippen molar-refractivity contribution in [1.29, 1.82) is 0 Å². The average Bonchev–Trinajstić information content (AvgIpc) is 2.99. The summed E-state index contributed by atoms with van der Waals surface area (Å²) in [4.78, 5) is 16.1. The Bertz CT molecular complexity index is 1000. The minimum Gasteiger partial charge on any atom is -0.357 e. The van der Waals surface area contributed by atoms with Gasteiger partial charge in [0.15, 0.2) is 10.3 Å². The van der Waals surface area contributed by atoms with E-state index in [1.165, 1.54) is 18.2 Å². The van der Waals surface area contributed by atoms with Crippen LogP contribution in [-0.4, -0.2) is 20.4 Å². The Morgan fingerprint density at radius 1 is 1.22 bits per heavy atom. The van der Waals surface area contributed by atoms with Crippen molar-refractivity contribution in [1.82, 2.24) is 25.6 Å². The van der Waals surface area contributed by atoms with Crippen LogP contribution >= 0.6 is 23.8 Å². The normalized spacial score (nSPS) is 10.9. The topological polar surface area (TPSA) is 70.5 Å². The predicted molar refractivity (Wildman–Crippen MR) is 106 cm³/mol. The summed E-state index contributed by atoms with van der Waals surface area (Å²) in [6.07, 6.45) is 4.69. The molecule has 2 heterocycles. The fourth-order valence-electron chi connectivity index (χ4n) is 2.28. The maximum atomic E-state index is 12.9. The lowest BCUT2D eigenvalue weighted by molar-refractivity contribution is -0.116. The first-order chi connectivity index (χ1) is 13.0. The number of amides is 1. The van der Waals surface area contributed by atoms with Gasteiger partial charge in [0.25, 0.3) is 5.91 Å². The van der Waals surface area contributed by atoms with Crippen LogP contribution in [0.2, 0.25) is 5.15 Å². The maximum Gasteiger partial charge on any atom is 0.262 e. The van der Waals surface area contributed by atoms with E-state index in [9.17, 15) is 9.18 Å². The van der Waals surface area contributed by atoms with Gasteiger partial charge in [-0.2, -0.15) is 0 Å². The largest absolute Gasteiger partial charge is 0.357 e. The van der Waals surface area contributed by atoms with Crippen LogP contribution in [0.5, 0.6) is 0 Å². The Balaban J connectivity index is 1.50. The number of nitrogens with one attached hydrogen (secondary N) is 3. The third kappa shape index (κ3) is 5.02. The van der Waals surface area contributed by atoms with Crippen molar-refractivity contribution in [2.45, 2.75) is 6.54 Å². The highest BCUT2D eigenvalue weighted by atomic mass is 35.5. The second-order valence-electron chi connectivity index (χ2n) is 5.47. The van der Waals surface area contributed by atoms with Crippen LogP contribution in [0.15, 0.2) is 54.7 Å². The molecule has 0 radical (unpaired) electrons. The molecule has 6 nitrogen and oxygen atoms in total. The molecule has 3 N–H and O–H groups in total. The smallest absolute Gasteiger partial charge is 0.262 e. The third-order valence-electron chi connectivity index (χ3n) is 3.58. The molecule has 0 spiro atoms. The summed E-state index contributed by atoms with van der Waals surface area (Å²) in [5.74, 6) is -0.715. The third-order valence-corrected chi connectivity index (χ3v) is 4.10. The number of nitrogens with zero attached hydrogens (tertiary/aromatic N) is 2. The molecule has 0 saturated heterocycles. The summed E-state index contributed by atoms with van der Waals surface area (Å²) < 4.78 is 14.6. The van der Waals surface area contributed by atoms with Gasteiger partial charge in [0, 0.05) is 18.8 Å². The number of aromatic nitrogens is 2. The van der Waals surface area contributed by atoms with Crippen LogP contribution in [0.1, 0.15) is 11.3 Å². The molecule has 3 aromatic rings. The molecule has 1 amide bonds. The van der Waals surface area contributed by atoms with Crippen LogP contribution in [0.3, 0.4) is 0 Å². The molecule has 9 heteroatoms. The van der Waals surface area contributed by atoms with Crippen LogP contribution < -0.4 is 16.2 Å². The van der Waals surface area contributed by atoms with Gasteiger partial charge in [-0.3, -0.25) is 20.0 Å². The van der Waals surface area contributed by atoms with Gasteiger partial charge in [0.2, 0.25) is 0 Å². The molecule has 0 aliphatic heterocycles. The second-order valence-corrected chi connectivity index (χ2v) is 6.24. The molecule has 0 fully saturated rings. The fraction of sp³-hybridized carbons (Fsp3) is 0.0556. The second kappa shape index (κ2) is 8.61. The van der Waals surface area contributed by atoms with Crippen molar-refractivity contribution < 1.29 is 9.18 Å². The minimum atomic E-state index is -0.414. The number of halogens is 2. The summed E-state index contributed by atoms with van der Waals surface area (Å²) in [7, 11) is 0. The molecule has 0 unspecified atom stereocenters. The number of hydrogen-bond donors (Lipinski definition) is 3. The van der Waals surface area contributed by atoms with Gasteiger partial charge in [-0.1, -0.05) is 29.8 Å². The Kier molecular flexibility index (Phi) is 6.00. The molecule has 3 rings (SSSR count). The molecule has 138 valence electrons. The van der Waals surface area contributed by atoms with Gasteiger partial charge < -0.3 is 5.32 Å². The number of hydrazine groups is 1. The van der Waals surface area contributed by atoms with Crippen molar-refractivity contribution in [3.05, 3.63) is 77.0 Å². The maximum absolute atomic E-state index is 12.9. The zero-order valence-electron chi connectivity index (χ0n) is 13.9. The monoisotopic (exact) mass is 403 g/mol. The van der Waals surface area contributed by atoms with Crippen molar-refractivity contribution in [3.8, 4) is 0 Å². The number of carbonyl (C=O) groups excluding carboxylic acids is 1. The first-order valence-corrected chi connectivity index (χ1v) is 8.70. The van der Waals surface area contributed by atoms with Gasteiger partial charge in [-0.05, 0) is 48.1 Å². The van der Waals surface area contributed by atoms with Crippen molar-refractivity contribution in [2.24, 2.45) is 0 Å². The molecule has 1 aromatic carbocycles. The van der Waals surface area contributed by atoms with Gasteiger partial charge in [0.05, 0.1) is 5.69 Å². The molecular weight excluding hydrogens is 389 g/mol. The first kappa shape index (κ1) is 18.8. The number of imidazole rings is 1. The lowest BCUT2D eigenvalue weighted by Crippen LogP contribution is -2.45. The van der Waals surface area contributed by atoms with Crippen LogP contribution in [0, 0.1) is 5.82 Å². The van der Waals surface area contributed by atoms with E-state index in [1.54, 1.807) is 28.8 Å². The van der Waals surface area contributed by atoms with Crippen LogP contribution in [0.25, 0.3) is 11.7 Å². The lowest BCUT2D eigenvalue weighted by atomic mass is 10.2.